The molecule has 1 heterocycles. The van der Waals surface area contributed by atoms with Gasteiger partial charge in [-0.05, 0) is 36.1 Å². The number of carbonyl (C=O) groups excluding carboxylic acids is 1. The van der Waals surface area contributed by atoms with Crippen LogP contribution in [0.5, 0.6) is 5.75 Å². The van der Waals surface area contributed by atoms with Gasteiger partial charge >= 0.3 is 0 Å². The Balaban J connectivity index is 1.80. The summed E-state index contributed by atoms with van der Waals surface area (Å²) in [4.78, 5) is 13.1. The molecule has 0 bridgehead atoms. The van der Waals surface area contributed by atoms with Crippen LogP contribution in [0.2, 0.25) is 0 Å². The van der Waals surface area contributed by atoms with Crippen molar-refractivity contribution >= 4 is 29.0 Å². The van der Waals surface area contributed by atoms with Crippen LogP contribution in [0.1, 0.15) is 17.4 Å². The van der Waals surface area contributed by atoms with Crippen molar-refractivity contribution in [2.75, 3.05) is 7.11 Å². The van der Waals surface area contributed by atoms with Gasteiger partial charge in [-0.3, -0.25) is 4.79 Å². The molecule has 118 valence electrons. The summed E-state index contributed by atoms with van der Waals surface area (Å²) in [5.74, 6) is 0.424. The van der Waals surface area contributed by atoms with Crippen LogP contribution >= 0.6 is 23.1 Å². The van der Waals surface area contributed by atoms with Gasteiger partial charge in [0.1, 0.15) is 0 Å². The molecular weight excluding hydrogens is 321 g/mol. The molecule has 1 aromatic carbocycles. The molecule has 3 nitrogen and oxygen atoms in total. The molecule has 0 fully saturated rings. The third-order valence-electron chi connectivity index (χ3n) is 3.10. The molecule has 0 radical (unpaired) electrons. The zero-order valence-corrected chi connectivity index (χ0v) is 14.1. The first kappa shape index (κ1) is 16.8. The maximum Gasteiger partial charge on any atom is 0.233 e. The van der Waals surface area contributed by atoms with Crippen molar-refractivity contribution < 1.29 is 13.9 Å². The molecule has 0 aliphatic carbocycles. The van der Waals surface area contributed by atoms with Crippen LogP contribution in [-0.2, 0) is 17.1 Å². The summed E-state index contributed by atoms with van der Waals surface area (Å²) in [6.45, 7) is 2.41. The Hall–Kier alpha value is -1.53. The van der Waals surface area contributed by atoms with Gasteiger partial charge in [0.15, 0.2) is 11.6 Å². The SMILES string of the molecule is COc1ccc(CSC(C)C(=O)NCc2cccs2)cc1F. The molecule has 1 amide bonds. The highest BCUT2D eigenvalue weighted by Gasteiger charge is 2.14. The van der Waals surface area contributed by atoms with Crippen molar-refractivity contribution in [3.05, 3.63) is 52.0 Å². The van der Waals surface area contributed by atoms with Gasteiger partial charge in [-0.25, -0.2) is 4.39 Å². The van der Waals surface area contributed by atoms with Crippen LogP contribution in [-0.4, -0.2) is 18.3 Å². The van der Waals surface area contributed by atoms with E-state index in [2.05, 4.69) is 5.32 Å². The molecular formula is C16H18FNO2S2. The first-order valence-corrected chi connectivity index (χ1v) is 8.77. The summed E-state index contributed by atoms with van der Waals surface area (Å²) in [5, 5.41) is 4.70. The standard InChI is InChI=1S/C16H18FNO2S2/c1-11(16(19)18-9-13-4-3-7-21-13)22-10-12-5-6-15(20-2)14(17)8-12/h3-8,11H,9-10H2,1-2H3,(H,18,19). The Kier molecular flexibility index (Phi) is 6.27. The van der Waals surface area contributed by atoms with E-state index in [9.17, 15) is 9.18 Å². The predicted molar refractivity (Wildman–Crippen MR) is 89.9 cm³/mol. The number of thiophene rings is 1. The fourth-order valence-corrected chi connectivity index (χ4v) is 3.33. The van der Waals surface area contributed by atoms with E-state index in [1.165, 1.54) is 24.9 Å². The fraction of sp³-hybridized carbons (Fsp3) is 0.312. The topological polar surface area (TPSA) is 38.3 Å². The number of rotatable bonds is 7. The molecule has 0 aliphatic rings. The summed E-state index contributed by atoms with van der Waals surface area (Å²) in [5.41, 5.74) is 0.834. The molecule has 1 atom stereocenters. The molecule has 2 aromatic rings. The minimum absolute atomic E-state index is 0.00705. The van der Waals surface area contributed by atoms with Crippen molar-refractivity contribution in [2.24, 2.45) is 0 Å². The van der Waals surface area contributed by atoms with Crippen molar-refractivity contribution in [1.82, 2.24) is 5.32 Å². The average Bonchev–Trinajstić information content (AvgIpc) is 3.03. The van der Waals surface area contributed by atoms with Gasteiger partial charge < -0.3 is 10.1 Å². The quantitative estimate of drug-likeness (QED) is 0.833. The van der Waals surface area contributed by atoms with E-state index in [1.54, 1.807) is 17.4 Å². The number of ether oxygens (including phenoxy) is 1. The van der Waals surface area contributed by atoms with Gasteiger partial charge in [0, 0.05) is 10.6 Å². The van der Waals surface area contributed by atoms with Crippen LogP contribution in [0.25, 0.3) is 0 Å². The molecule has 1 N–H and O–H groups in total. The Morgan fingerprint density at radius 3 is 2.91 bits per heavy atom. The minimum atomic E-state index is -0.379. The van der Waals surface area contributed by atoms with E-state index >= 15 is 0 Å². The van der Waals surface area contributed by atoms with Crippen LogP contribution in [0.15, 0.2) is 35.7 Å². The normalized spacial score (nSPS) is 12.0. The summed E-state index contributed by atoms with van der Waals surface area (Å²) in [6.07, 6.45) is 0. The third-order valence-corrected chi connectivity index (χ3v) is 5.19. The van der Waals surface area contributed by atoms with Crippen LogP contribution in [0, 0.1) is 5.82 Å². The average molecular weight is 339 g/mol. The van der Waals surface area contributed by atoms with Crippen LogP contribution in [0.4, 0.5) is 4.39 Å². The summed E-state index contributed by atoms with van der Waals surface area (Å²) in [7, 11) is 1.44. The second kappa shape index (κ2) is 8.19. The Labute approximate surface area is 137 Å². The van der Waals surface area contributed by atoms with Crippen molar-refractivity contribution in [3.8, 4) is 5.75 Å². The lowest BCUT2D eigenvalue weighted by atomic mass is 10.2. The monoisotopic (exact) mass is 339 g/mol. The lowest BCUT2D eigenvalue weighted by molar-refractivity contribution is -0.120. The Morgan fingerprint density at radius 2 is 2.27 bits per heavy atom. The fourth-order valence-electron chi connectivity index (χ4n) is 1.83. The molecule has 6 heteroatoms. The molecule has 1 unspecified atom stereocenters. The second-order valence-electron chi connectivity index (χ2n) is 4.72. The molecule has 2 rings (SSSR count). The Bertz CT molecular complexity index is 617. The third kappa shape index (κ3) is 4.74. The zero-order valence-electron chi connectivity index (χ0n) is 12.5. The lowest BCUT2D eigenvalue weighted by Gasteiger charge is -2.12. The van der Waals surface area contributed by atoms with E-state index in [0.29, 0.717) is 12.3 Å². The number of benzene rings is 1. The minimum Gasteiger partial charge on any atom is -0.494 e. The van der Waals surface area contributed by atoms with Gasteiger partial charge in [0.25, 0.3) is 0 Å². The van der Waals surface area contributed by atoms with Gasteiger partial charge in [0.2, 0.25) is 5.91 Å². The maximum atomic E-state index is 13.6. The smallest absolute Gasteiger partial charge is 0.233 e. The highest BCUT2D eigenvalue weighted by Crippen LogP contribution is 2.23. The van der Waals surface area contributed by atoms with Crippen molar-refractivity contribution in [1.29, 1.82) is 0 Å². The van der Waals surface area contributed by atoms with Crippen LogP contribution in [0.3, 0.4) is 0 Å². The summed E-state index contributed by atoms with van der Waals surface area (Å²) >= 11 is 3.10. The highest BCUT2D eigenvalue weighted by atomic mass is 32.2. The second-order valence-corrected chi connectivity index (χ2v) is 7.08. The molecule has 0 aliphatic heterocycles. The maximum absolute atomic E-state index is 13.6. The van der Waals surface area contributed by atoms with Crippen molar-refractivity contribution in [3.63, 3.8) is 0 Å². The molecule has 22 heavy (non-hydrogen) atoms. The van der Waals surface area contributed by atoms with E-state index < -0.39 is 0 Å². The van der Waals surface area contributed by atoms with Gasteiger partial charge in [-0.1, -0.05) is 12.1 Å². The van der Waals surface area contributed by atoms with E-state index in [0.717, 1.165) is 10.4 Å². The lowest BCUT2D eigenvalue weighted by Crippen LogP contribution is -2.30. The molecule has 0 saturated carbocycles. The Morgan fingerprint density at radius 1 is 1.45 bits per heavy atom. The molecule has 0 spiro atoms. The number of methoxy groups -OCH3 is 1. The number of nitrogens with one attached hydrogen (secondary N) is 1. The number of halogens is 1. The van der Waals surface area contributed by atoms with Gasteiger partial charge in [-0.2, -0.15) is 0 Å². The number of amides is 1. The predicted octanol–water partition coefficient (Wildman–Crippen LogP) is 3.83. The van der Waals surface area contributed by atoms with E-state index in [-0.39, 0.29) is 22.7 Å². The van der Waals surface area contributed by atoms with Crippen LogP contribution < -0.4 is 10.1 Å². The summed E-state index contributed by atoms with van der Waals surface area (Å²) < 4.78 is 18.5. The number of hydrogen-bond donors (Lipinski definition) is 1. The zero-order chi connectivity index (χ0) is 15.9. The molecule has 1 aromatic heterocycles. The van der Waals surface area contributed by atoms with Gasteiger partial charge in [0.05, 0.1) is 18.9 Å². The largest absolute Gasteiger partial charge is 0.494 e. The van der Waals surface area contributed by atoms with Crippen molar-refractivity contribution in [2.45, 2.75) is 24.5 Å². The number of thioether (sulfide) groups is 1. The first-order chi connectivity index (χ1) is 10.6. The number of hydrogen-bond acceptors (Lipinski definition) is 4. The summed E-state index contributed by atoms with van der Waals surface area (Å²) in [6, 6.07) is 8.81. The number of carbonyl (C=O) groups is 1. The molecule has 0 saturated heterocycles. The first-order valence-electron chi connectivity index (χ1n) is 6.84. The van der Waals surface area contributed by atoms with E-state index in [1.807, 2.05) is 30.5 Å². The van der Waals surface area contributed by atoms with Gasteiger partial charge in [-0.15, -0.1) is 23.1 Å². The van der Waals surface area contributed by atoms with E-state index in [4.69, 9.17) is 4.74 Å². The highest BCUT2D eigenvalue weighted by molar-refractivity contribution is 7.99.